The van der Waals surface area contributed by atoms with Gasteiger partial charge in [-0.15, -0.1) is 0 Å². The molecule has 1 aromatic carbocycles. The summed E-state index contributed by atoms with van der Waals surface area (Å²) in [5.74, 6) is -0.226. The van der Waals surface area contributed by atoms with Gasteiger partial charge in [-0.1, -0.05) is 17.7 Å². The quantitative estimate of drug-likeness (QED) is 0.804. The molecule has 0 aromatic heterocycles. The van der Waals surface area contributed by atoms with Crippen molar-refractivity contribution in [2.45, 2.75) is 36.8 Å². The summed E-state index contributed by atoms with van der Waals surface area (Å²) in [6.07, 6.45) is 1.39. The molecule has 0 saturated heterocycles. The van der Waals surface area contributed by atoms with Gasteiger partial charge in [-0.3, -0.25) is 0 Å². The van der Waals surface area contributed by atoms with Crippen LogP contribution in [0.3, 0.4) is 0 Å². The number of aliphatic hydroxyl groups is 1. The molecule has 1 saturated carbocycles. The maximum absolute atomic E-state index is 12.0. The van der Waals surface area contributed by atoms with E-state index in [0.29, 0.717) is 12.6 Å². The molecule has 5 heteroatoms. The number of aryl methyl sites for hydroxylation is 1. The van der Waals surface area contributed by atoms with Crippen LogP contribution in [0.1, 0.15) is 18.4 Å². The zero-order valence-corrected chi connectivity index (χ0v) is 11.3. The standard InChI is InChI=1S/C13H19NO3S/c1-10-2-6-13(7-3-10)18(16,17)9-12(15)8-14-11-4-5-11/h2-3,6-7,11-12,14-15H,4-5,8-9H2,1H3. The molecule has 0 aliphatic heterocycles. The van der Waals surface area contributed by atoms with Crippen molar-refractivity contribution in [2.75, 3.05) is 12.3 Å². The van der Waals surface area contributed by atoms with Crippen molar-refractivity contribution in [3.05, 3.63) is 29.8 Å². The number of nitrogens with one attached hydrogen (secondary N) is 1. The average molecular weight is 269 g/mol. The van der Waals surface area contributed by atoms with Crippen LogP contribution in [-0.2, 0) is 9.84 Å². The smallest absolute Gasteiger partial charge is 0.180 e. The van der Waals surface area contributed by atoms with E-state index in [1.165, 1.54) is 0 Å². The second kappa shape index (κ2) is 5.38. The molecule has 1 aliphatic rings. The van der Waals surface area contributed by atoms with Crippen molar-refractivity contribution < 1.29 is 13.5 Å². The third-order valence-electron chi connectivity index (χ3n) is 3.01. The van der Waals surface area contributed by atoms with Crippen molar-refractivity contribution in [3.63, 3.8) is 0 Å². The van der Waals surface area contributed by atoms with E-state index in [1.807, 2.05) is 6.92 Å². The third kappa shape index (κ3) is 3.80. The summed E-state index contributed by atoms with van der Waals surface area (Å²) in [5, 5.41) is 12.9. The minimum Gasteiger partial charge on any atom is -0.391 e. The van der Waals surface area contributed by atoms with E-state index >= 15 is 0 Å². The predicted molar refractivity (Wildman–Crippen MR) is 70.3 cm³/mol. The van der Waals surface area contributed by atoms with Crippen LogP contribution in [0.2, 0.25) is 0 Å². The lowest BCUT2D eigenvalue weighted by atomic mass is 10.2. The Labute approximate surface area is 108 Å². The van der Waals surface area contributed by atoms with Gasteiger partial charge in [0.25, 0.3) is 0 Å². The first kappa shape index (κ1) is 13.5. The highest BCUT2D eigenvalue weighted by molar-refractivity contribution is 7.91. The largest absolute Gasteiger partial charge is 0.391 e. The van der Waals surface area contributed by atoms with Gasteiger partial charge in [0.2, 0.25) is 0 Å². The Balaban J connectivity index is 1.94. The van der Waals surface area contributed by atoms with E-state index in [2.05, 4.69) is 5.32 Å². The van der Waals surface area contributed by atoms with Crippen LogP contribution in [0.5, 0.6) is 0 Å². The average Bonchev–Trinajstić information content (AvgIpc) is 3.10. The lowest BCUT2D eigenvalue weighted by Crippen LogP contribution is -2.33. The Morgan fingerprint density at radius 3 is 2.50 bits per heavy atom. The number of sulfone groups is 1. The molecule has 4 nitrogen and oxygen atoms in total. The highest BCUT2D eigenvalue weighted by Gasteiger charge is 2.24. The number of aliphatic hydroxyl groups excluding tert-OH is 1. The molecule has 1 aliphatic carbocycles. The fraction of sp³-hybridized carbons (Fsp3) is 0.538. The molecule has 0 bridgehead atoms. The molecule has 1 atom stereocenters. The number of hydrogen-bond acceptors (Lipinski definition) is 4. The van der Waals surface area contributed by atoms with Gasteiger partial charge < -0.3 is 10.4 Å². The van der Waals surface area contributed by atoms with Gasteiger partial charge in [0.05, 0.1) is 16.8 Å². The van der Waals surface area contributed by atoms with Gasteiger partial charge in [-0.25, -0.2) is 8.42 Å². The van der Waals surface area contributed by atoms with Crippen LogP contribution in [0.4, 0.5) is 0 Å². The van der Waals surface area contributed by atoms with Gasteiger partial charge in [-0.2, -0.15) is 0 Å². The number of benzene rings is 1. The first-order valence-corrected chi connectivity index (χ1v) is 7.83. The first-order chi connectivity index (χ1) is 8.47. The molecule has 2 rings (SSSR count). The Bertz CT molecular complexity index is 491. The zero-order chi connectivity index (χ0) is 13.2. The molecule has 18 heavy (non-hydrogen) atoms. The van der Waals surface area contributed by atoms with Crippen molar-refractivity contribution in [2.24, 2.45) is 0 Å². The van der Waals surface area contributed by atoms with Gasteiger partial charge in [-0.05, 0) is 31.9 Å². The summed E-state index contributed by atoms with van der Waals surface area (Å²) in [5.41, 5.74) is 1.02. The molecule has 100 valence electrons. The highest BCUT2D eigenvalue weighted by Crippen LogP contribution is 2.18. The topological polar surface area (TPSA) is 66.4 Å². The third-order valence-corrected chi connectivity index (χ3v) is 4.83. The summed E-state index contributed by atoms with van der Waals surface area (Å²) < 4.78 is 24.1. The van der Waals surface area contributed by atoms with E-state index < -0.39 is 15.9 Å². The van der Waals surface area contributed by atoms with Crippen molar-refractivity contribution in [3.8, 4) is 0 Å². The summed E-state index contributed by atoms with van der Waals surface area (Å²) in [4.78, 5) is 0.276. The fourth-order valence-corrected chi connectivity index (χ4v) is 3.11. The van der Waals surface area contributed by atoms with E-state index in [1.54, 1.807) is 24.3 Å². The van der Waals surface area contributed by atoms with Crippen LogP contribution < -0.4 is 5.32 Å². The molecule has 2 N–H and O–H groups in total. The van der Waals surface area contributed by atoms with Crippen molar-refractivity contribution >= 4 is 9.84 Å². The van der Waals surface area contributed by atoms with E-state index in [9.17, 15) is 13.5 Å². The Morgan fingerprint density at radius 2 is 1.94 bits per heavy atom. The molecule has 0 spiro atoms. The maximum Gasteiger partial charge on any atom is 0.180 e. The summed E-state index contributed by atoms with van der Waals surface area (Å²) in [6, 6.07) is 7.18. The second-order valence-corrected chi connectivity index (χ2v) is 6.97. The lowest BCUT2D eigenvalue weighted by Gasteiger charge is -2.12. The van der Waals surface area contributed by atoms with Gasteiger partial charge >= 0.3 is 0 Å². The highest BCUT2D eigenvalue weighted by atomic mass is 32.2. The van der Waals surface area contributed by atoms with Crippen LogP contribution in [-0.4, -0.2) is 38.0 Å². The monoisotopic (exact) mass is 269 g/mol. The lowest BCUT2D eigenvalue weighted by molar-refractivity contribution is 0.193. The minimum absolute atomic E-state index is 0.226. The zero-order valence-electron chi connectivity index (χ0n) is 10.5. The molecule has 0 amide bonds. The normalized spacial score (nSPS) is 17.7. The summed E-state index contributed by atoms with van der Waals surface area (Å²) in [7, 11) is -3.39. The summed E-state index contributed by atoms with van der Waals surface area (Å²) in [6.45, 7) is 2.25. The van der Waals surface area contributed by atoms with E-state index in [4.69, 9.17) is 0 Å². The Kier molecular flexibility index (Phi) is 4.04. The SMILES string of the molecule is Cc1ccc(S(=O)(=O)CC(O)CNC2CC2)cc1. The second-order valence-electron chi connectivity index (χ2n) is 4.93. The minimum atomic E-state index is -3.39. The number of rotatable bonds is 6. The van der Waals surface area contributed by atoms with Gasteiger partial charge in [0.1, 0.15) is 0 Å². The van der Waals surface area contributed by atoms with Gasteiger partial charge in [0, 0.05) is 12.6 Å². The van der Waals surface area contributed by atoms with Crippen LogP contribution in [0.25, 0.3) is 0 Å². The Hall–Kier alpha value is -0.910. The summed E-state index contributed by atoms with van der Waals surface area (Å²) >= 11 is 0. The molecule has 1 fully saturated rings. The molecule has 0 radical (unpaired) electrons. The molecular formula is C13H19NO3S. The van der Waals surface area contributed by atoms with Crippen LogP contribution in [0.15, 0.2) is 29.2 Å². The van der Waals surface area contributed by atoms with Crippen LogP contribution >= 0.6 is 0 Å². The van der Waals surface area contributed by atoms with E-state index in [0.717, 1.165) is 18.4 Å². The number of hydrogen-bond donors (Lipinski definition) is 2. The molecule has 0 heterocycles. The molecular weight excluding hydrogens is 250 g/mol. The van der Waals surface area contributed by atoms with Crippen LogP contribution in [0, 0.1) is 6.92 Å². The maximum atomic E-state index is 12.0. The van der Waals surface area contributed by atoms with Crippen molar-refractivity contribution in [1.82, 2.24) is 5.32 Å². The van der Waals surface area contributed by atoms with Gasteiger partial charge in [0.15, 0.2) is 9.84 Å². The fourth-order valence-electron chi connectivity index (χ4n) is 1.74. The Morgan fingerprint density at radius 1 is 1.33 bits per heavy atom. The molecule has 1 unspecified atom stereocenters. The van der Waals surface area contributed by atoms with Crippen molar-refractivity contribution in [1.29, 1.82) is 0 Å². The molecule has 1 aromatic rings. The predicted octanol–water partition coefficient (Wildman–Crippen LogP) is 0.882. The first-order valence-electron chi connectivity index (χ1n) is 6.18. The van der Waals surface area contributed by atoms with E-state index in [-0.39, 0.29) is 10.6 Å².